The van der Waals surface area contributed by atoms with Gasteiger partial charge in [-0.15, -0.1) is 0 Å². The Bertz CT molecular complexity index is 198. The van der Waals surface area contributed by atoms with Crippen LogP contribution in [-0.4, -0.2) is 49.8 Å². The van der Waals surface area contributed by atoms with Crippen LogP contribution >= 0.6 is 0 Å². The molecule has 2 aliphatic heterocycles. The molecule has 2 rings (SSSR count). The number of piperidine rings is 1. The fourth-order valence-corrected chi connectivity index (χ4v) is 2.87. The molecule has 3 nitrogen and oxygen atoms in total. The maximum absolute atomic E-state index is 5.70. The van der Waals surface area contributed by atoms with E-state index in [0.29, 0.717) is 6.10 Å². The zero-order chi connectivity index (χ0) is 10.7. The van der Waals surface area contributed by atoms with Gasteiger partial charge in [-0.05, 0) is 38.8 Å². The Hall–Kier alpha value is -0.120. The summed E-state index contributed by atoms with van der Waals surface area (Å²) in [5.41, 5.74) is 0. The van der Waals surface area contributed by atoms with Crippen LogP contribution in [0.2, 0.25) is 0 Å². The lowest BCUT2D eigenvalue weighted by molar-refractivity contribution is 0.0492. The summed E-state index contributed by atoms with van der Waals surface area (Å²) in [6, 6.07) is 0.774. The molecule has 1 N–H and O–H groups in total. The fourth-order valence-electron chi connectivity index (χ4n) is 2.87. The highest BCUT2D eigenvalue weighted by atomic mass is 16.5. The predicted molar refractivity (Wildman–Crippen MR) is 62.0 cm³/mol. The molecule has 0 bridgehead atoms. The third-order valence-corrected chi connectivity index (χ3v) is 3.69. The zero-order valence-electron chi connectivity index (χ0n) is 10.0. The topological polar surface area (TPSA) is 24.5 Å². The van der Waals surface area contributed by atoms with Crippen LogP contribution in [0.3, 0.4) is 0 Å². The quantitative estimate of drug-likeness (QED) is 0.704. The van der Waals surface area contributed by atoms with Crippen molar-refractivity contribution in [2.24, 2.45) is 5.92 Å². The molecule has 88 valence electrons. The average Bonchev–Trinajstić information content (AvgIpc) is 2.43. The Morgan fingerprint density at radius 2 is 2.20 bits per heavy atom. The van der Waals surface area contributed by atoms with Gasteiger partial charge < -0.3 is 10.1 Å². The molecule has 0 amide bonds. The standard InChI is InChI=1S/C12H24N2O/c1-10-8-13-5-4-12(10)14-6-3-7-15-11(2)9-14/h10-13H,3-9H2,1-2H3. The first kappa shape index (κ1) is 11.4. The maximum atomic E-state index is 5.70. The Morgan fingerprint density at radius 3 is 3.00 bits per heavy atom. The van der Waals surface area contributed by atoms with E-state index < -0.39 is 0 Å². The Kier molecular flexibility index (Phi) is 4.00. The van der Waals surface area contributed by atoms with Gasteiger partial charge in [0.05, 0.1) is 6.10 Å². The highest BCUT2D eigenvalue weighted by molar-refractivity contribution is 4.84. The number of rotatable bonds is 1. The molecule has 3 atom stereocenters. The lowest BCUT2D eigenvalue weighted by Crippen LogP contribution is -2.50. The van der Waals surface area contributed by atoms with Crippen molar-refractivity contribution in [1.82, 2.24) is 10.2 Å². The number of nitrogens with one attached hydrogen (secondary N) is 1. The smallest absolute Gasteiger partial charge is 0.0674 e. The van der Waals surface area contributed by atoms with Gasteiger partial charge in [-0.3, -0.25) is 4.90 Å². The van der Waals surface area contributed by atoms with Crippen molar-refractivity contribution in [3.05, 3.63) is 0 Å². The van der Waals surface area contributed by atoms with Crippen molar-refractivity contribution in [2.45, 2.75) is 38.8 Å². The Morgan fingerprint density at radius 1 is 1.33 bits per heavy atom. The van der Waals surface area contributed by atoms with Gasteiger partial charge in [0.2, 0.25) is 0 Å². The molecular weight excluding hydrogens is 188 g/mol. The number of nitrogens with zero attached hydrogens (tertiary/aromatic N) is 1. The van der Waals surface area contributed by atoms with Gasteiger partial charge in [0.25, 0.3) is 0 Å². The van der Waals surface area contributed by atoms with E-state index >= 15 is 0 Å². The van der Waals surface area contributed by atoms with Crippen LogP contribution < -0.4 is 5.32 Å². The summed E-state index contributed by atoms with van der Waals surface area (Å²) in [6.07, 6.45) is 2.91. The maximum Gasteiger partial charge on any atom is 0.0674 e. The first-order valence-electron chi connectivity index (χ1n) is 6.33. The van der Waals surface area contributed by atoms with Crippen molar-refractivity contribution < 1.29 is 4.74 Å². The molecule has 2 saturated heterocycles. The van der Waals surface area contributed by atoms with E-state index in [2.05, 4.69) is 24.1 Å². The molecule has 15 heavy (non-hydrogen) atoms. The molecule has 2 heterocycles. The molecule has 0 radical (unpaired) electrons. The highest BCUT2D eigenvalue weighted by Crippen LogP contribution is 2.20. The third kappa shape index (κ3) is 2.92. The van der Waals surface area contributed by atoms with Gasteiger partial charge >= 0.3 is 0 Å². The van der Waals surface area contributed by atoms with Crippen LogP contribution in [-0.2, 0) is 4.74 Å². The predicted octanol–water partition coefficient (Wildman–Crippen LogP) is 1.10. The Balaban J connectivity index is 1.94. The second kappa shape index (κ2) is 5.28. The zero-order valence-corrected chi connectivity index (χ0v) is 10.0. The van der Waals surface area contributed by atoms with Gasteiger partial charge in [-0.1, -0.05) is 6.92 Å². The molecule has 2 aliphatic rings. The number of hydrogen-bond acceptors (Lipinski definition) is 3. The van der Waals surface area contributed by atoms with E-state index in [1.54, 1.807) is 0 Å². The normalized spacial score (nSPS) is 40.0. The van der Waals surface area contributed by atoms with Crippen molar-refractivity contribution in [3.63, 3.8) is 0 Å². The average molecular weight is 212 g/mol. The van der Waals surface area contributed by atoms with E-state index in [1.807, 2.05) is 0 Å². The van der Waals surface area contributed by atoms with E-state index in [1.165, 1.54) is 32.5 Å². The molecule has 0 aliphatic carbocycles. The lowest BCUT2D eigenvalue weighted by atomic mass is 9.93. The molecule has 0 spiro atoms. The number of hydrogen-bond donors (Lipinski definition) is 1. The molecular formula is C12H24N2O. The first-order valence-corrected chi connectivity index (χ1v) is 6.33. The summed E-state index contributed by atoms with van der Waals surface area (Å²) in [6.45, 7) is 10.2. The largest absolute Gasteiger partial charge is 0.377 e. The number of ether oxygens (including phenoxy) is 1. The lowest BCUT2D eigenvalue weighted by Gasteiger charge is -2.38. The van der Waals surface area contributed by atoms with Crippen LogP contribution in [0.5, 0.6) is 0 Å². The fraction of sp³-hybridized carbons (Fsp3) is 1.00. The molecule has 0 aromatic heterocycles. The summed E-state index contributed by atoms with van der Waals surface area (Å²) in [7, 11) is 0. The SMILES string of the molecule is CC1CN(C2CCNCC2C)CCCO1. The monoisotopic (exact) mass is 212 g/mol. The van der Waals surface area contributed by atoms with Crippen molar-refractivity contribution in [2.75, 3.05) is 32.8 Å². The van der Waals surface area contributed by atoms with E-state index in [0.717, 1.165) is 25.1 Å². The van der Waals surface area contributed by atoms with Gasteiger partial charge in [0.15, 0.2) is 0 Å². The van der Waals surface area contributed by atoms with Crippen LogP contribution in [0.1, 0.15) is 26.7 Å². The van der Waals surface area contributed by atoms with Gasteiger partial charge in [0.1, 0.15) is 0 Å². The minimum absolute atomic E-state index is 0.412. The summed E-state index contributed by atoms with van der Waals surface area (Å²) in [5.74, 6) is 0.782. The minimum Gasteiger partial charge on any atom is -0.377 e. The summed E-state index contributed by atoms with van der Waals surface area (Å²) in [5, 5.41) is 3.47. The molecule has 2 fully saturated rings. The van der Waals surface area contributed by atoms with Crippen LogP contribution in [0, 0.1) is 5.92 Å². The van der Waals surface area contributed by atoms with Crippen molar-refractivity contribution in [1.29, 1.82) is 0 Å². The van der Waals surface area contributed by atoms with Crippen LogP contribution in [0.15, 0.2) is 0 Å². The molecule has 3 unspecified atom stereocenters. The van der Waals surface area contributed by atoms with Crippen molar-refractivity contribution >= 4 is 0 Å². The van der Waals surface area contributed by atoms with E-state index in [-0.39, 0.29) is 0 Å². The summed E-state index contributed by atoms with van der Waals surface area (Å²) < 4.78 is 5.70. The second-order valence-corrected chi connectivity index (χ2v) is 5.07. The Labute approximate surface area is 93.2 Å². The van der Waals surface area contributed by atoms with Gasteiger partial charge in [-0.25, -0.2) is 0 Å². The summed E-state index contributed by atoms with van der Waals surface area (Å²) >= 11 is 0. The molecule has 3 heteroatoms. The first-order chi connectivity index (χ1) is 7.27. The molecule has 0 aromatic rings. The van der Waals surface area contributed by atoms with Crippen molar-refractivity contribution in [3.8, 4) is 0 Å². The van der Waals surface area contributed by atoms with Crippen LogP contribution in [0.25, 0.3) is 0 Å². The second-order valence-electron chi connectivity index (χ2n) is 5.07. The minimum atomic E-state index is 0.412. The molecule has 0 aromatic carbocycles. The molecule has 0 saturated carbocycles. The van der Waals surface area contributed by atoms with Gasteiger partial charge in [0, 0.05) is 25.7 Å². The van der Waals surface area contributed by atoms with E-state index in [9.17, 15) is 0 Å². The highest BCUT2D eigenvalue weighted by Gasteiger charge is 2.28. The van der Waals surface area contributed by atoms with Crippen LogP contribution in [0.4, 0.5) is 0 Å². The van der Waals surface area contributed by atoms with E-state index in [4.69, 9.17) is 4.74 Å². The van der Waals surface area contributed by atoms with Gasteiger partial charge in [-0.2, -0.15) is 0 Å². The summed E-state index contributed by atoms with van der Waals surface area (Å²) in [4.78, 5) is 2.66. The third-order valence-electron chi connectivity index (χ3n) is 3.69.